The monoisotopic (exact) mass is 330 g/mol. The molecule has 0 aromatic carbocycles. The molecule has 1 aromatic rings. The Labute approximate surface area is 118 Å². The van der Waals surface area contributed by atoms with E-state index in [2.05, 4.69) is 21.2 Å². The zero-order valence-electron chi connectivity index (χ0n) is 10.3. The minimum atomic E-state index is -0.658. The van der Waals surface area contributed by atoms with Crippen molar-refractivity contribution in [1.82, 2.24) is 5.32 Å². The van der Waals surface area contributed by atoms with Crippen LogP contribution in [0, 0.1) is 22.0 Å². The van der Waals surface area contributed by atoms with Crippen LogP contribution in [-0.2, 0) is 0 Å². The van der Waals surface area contributed by atoms with Crippen molar-refractivity contribution in [3.63, 3.8) is 0 Å². The van der Waals surface area contributed by atoms with Gasteiger partial charge in [-0.25, -0.2) is 0 Å². The average molecular weight is 331 g/mol. The quantitative estimate of drug-likeness (QED) is 0.511. The average Bonchev–Trinajstić information content (AvgIpc) is 3.04. The predicted molar refractivity (Wildman–Crippen MR) is 72.3 cm³/mol. The van der Waals surface area contributed by atoms with Crippen LogP contribution >= 0.6 is 15.9 Å². The third-order valence-corrected chi connectivity index (χ3v) is 4.37. The van der Waals surface area contributed by atoms with Gasteiger partial charge >= 0.3 is 5.88 Å². The zero-order chi connectivity index (χ0) is 13.8. The number of nitrogens with zero attached hydrogens (tertiary/aromatic N) is 1. The molecule has 0 spiro atoms. The van der Waals surface area contributed by atoms with Crippen molar-refractivity contribution in [3.05, 3.63) is 28.0 Å². The maximum absolute atomic E-state index is 11.8. The highest BCUT2D eigenvalue weighted by molar-refractivity contribution is 9.09. The summed E-state index contributed by atoms with van der Waals surface area (Å²) in [6.07, 6.45) is 3.47. The molecule has 1 heterocycles. The van der Waals surface area contributed by atoms with Crippen molar-refractivity contribution in [2.24, 2.45) is 11.8 Å². The Hall–Kier alpha value is -1.37. The Morgan fingerprint density at radius 1 is 1.47 bits per heavy atom. The topological polar surface area (TPSA) is 85.4 Å². The van der Waals surface area contributed by atoms with Gasteiger partial charge in [0.05, 0.1) is 6.07 Å². The van der Waals surface area contributed by atoms with Gasteiger partial charge in [0.15, 0.2) is 5.76 Å². The first-order valence-corrected chi connectivity index (χ1v) is 7.32. The van der Waals surface area contributed by atoms with Crippen molar-refractivity contribution in [2.45, 2.75) is 19.3 Å². The number of rotatable bonds is 5. The number of nitro groups is 1. The lowest BCUT2D eigenvalue weighted by molar-refractivity contribution is -0.402. The van der Waals surface area contributed by atoms with E-state index in [9.17, 15) is 14.9 Å². The van der Waals surface area contributed by atoms with Gasteiger partial charge in [0.2, 0.25) is 0 Å². The van der Waals surface area contributed by atoms with E-state index in [-0.39, 0.29) is 5.76 Å². The first-order valence-electron chi connectivity index (χ1n) is 6.20. The maximum atomic E-state index is 11.8. The van der Waals surface area contributed by atoms with Crippen molar-refractivity contribution in [2.75, 3.05) is 11.9 Å². The molecule has 0 saturated heterocycles. The number of furan rings is 1. The van der Waals surface area contributed by atoms with Crippen LogP contribution in [0.25, 0.3) is 0 Å². The Bertz CT molecular complexity index is 474. The van der Waals surface area contributed by atoms with Gasteiger partial charge in [0.1, 0.15) is 4.92 Å². The smallest absolute Gasteiger partial charge is 0.395 e. The molecule has 7 heteroatoms. The largest absolute Gasteiger partial charge is 0.433 e. The molecule has 0 radical (unpaired) electrons. The van der Waals surface area contributed by atoms with E-state index in [1.54, 1.807) is 0 Å². The van der Waals surface area contributed by atoms with E-state index < -0.39 is 16.7 Å². The normalized spacial score (nSPS) is 22.4. The summed E-state index contributed by atoms with van der Waals surface area (Å²) in [5, 5.41) is 14.2. The molecule has 1 aromatic heterocycles. The fourth-order valence-electron chi connectivity index (χ4n) is 2.44. The third kappa shape index (κ3) is 3.34. The summed E-state index contributed by atoms with van der Waals surface area (Å²) in [6.45, 7) is 0.587. The van der Waals surface area contributed by atoms with Crippen molar-refractivity contribution >= 4 is 27.7 Å². The van der Waals surface area contributed by atoms with E-state index >= 15 is 0 Å². The number of alkyl halides is 1. The molecule has 1 saturated carbocycles. The molecular formula is C12H15BrN2O4. The van der Waals surface area contributed by atoms with Gasteiger partial charge < -0.3 is 9.73 Å². The molecule has 1 aliphatic rings. The molecule has 1 fully saturated rings. The van der Waals surface area contributed by atoms with Crippen LogP contribution in [0.5, 0.6) is 0 Å². The Kier molecular flexibility index (Phi) is 4.57. The molecular weight excluding hydrogens is 316 g/mol. The lowest BCUT2D eigenvalue weighted by atomic mass is 9.98. The maximum Gasteiger partial charge on any atom is 0.433 e. The molecule has 1 amide bonds. The molecule has 2 rings (SSSR count). The molecule has 1 aliphatic carbocycles. The Balaban J connectivity index is 1.88. The molecule has 6 nitrogen and oxygen atoms in total. The molecule has 2 atom stereocenters. The van der Waals surface area contributed by atoms with Crippen LogP contribution in [0.1, 0.15) is 29.8 Å². The molecule has 104 valence electrons. The summed E-state index contributed by atoms with van der Waals surface area (Å²) in [4.78, 5) is 21.6. The number of hydrogen-bond acceptors (Lipinski definition) is 4. The van der Waals surface area contributed by atoms with Crippen LogP contribution in [0.3, 0.4) is 0 Å². The van der Waals surface area contributed by atoms with Crippen LogP contribution in [0.2, 0.25) is 0 Å². The van der Waals surface area contributed by atoms with Gasteiger partial charge in [-0.3, -0.25) is 14.9 Å². The van der Waals surface area contributed by atoms with Crippen molar-refractivity contribution in [1.29, 1.82) is 0 Å². The minimum Gasteiger partial charge on any atom is -0.395 e. The Morgan fingerprint density at radius 3 is 2.84 bits per heavy atom. The second-order valence-corrected chi connectivity index (χ2v) is 5.36. The molecule has 0 bridgehead atoms. The van der Waals surface area contributed by atoms with E-state index in [0.717, 1.165) is 11.8 Å². The van der Waals surface area contributed by atoms with E-state index in [0.29, 0.717) is 18.4 Å². The van der Waals surface area contributed by atoms with Crippen LogP contribution in [0.15, 0.2) is 16.5 Å². The number of nitrogens with one attached hydrogen (secondary N) is 1. The first kappa shape index (κ1) is 14.0. The zero-order valence-corrected chi connectivity index (χ0v) is 11.9. The summed E-state index contributed by atoms with van der Waals surface area (Å²) in [5.41, 5.74) is 0. The van der Waals surface area contributed by atoms with Crippen LogP contribution in [0.4, 0.5) is 5.88 Å². The SMILES string of the molecule is O=C(NCC1CCCC1CBr)c1ccc([N+](=O)[O-])o1. The van der Waals surface area contributed by atoms with Crippen LogP contribution < -0.4 is 5.32 Å². The highest BCUT2D eigenvalue weighted by Crippen LogP contribution is 2.32. The highest BCUT2D eigenvalue weighted by atomic mass is 79.9. The summed E-state index contributed by atoms with van der Waals surface area (Å²) in [7, 11) is 0. The van der Waals surface area contributed by atoms with Gasteiger partial charge in [-0.2, -0.15) is 0 Å². The van der Waals surface area contributed by atoms with Crippen LogP contribution in [-0.4, -0.2) is 22.7 Å². The van der Waals surface area contributed by atoms with E-state index in [1.807, 2.05) is 0 Å². The molecule has 0 aliphatic heterocycles. The van der Waals surface area contributed by atoms with Crippen molar-refractivity contribution in [3.8, 4) is 0 Å². The number of amides is 1. The van der Waals surface area contributed by atoms with Gasteiger partial charge in [0.25, 0.3) is 5.91 Å². The van der Waals surface area contributed by atoms with Gasteiger partial charge in [0, 0.05) is 11.9 Å². The highest BCUT2D eigenvalue weighted by Gasteiger charge is 2.27. The number of carbonyl (C=O) groups is 1. The number of halogens is 1. The lowest BCUT2D eigenvalue weighted by Crippen LogP contribution is -2.30. The summed E-state index contributed by atoms with van der Waals surface area (Å²) < 4.78 is 4.85. The van der Waals surface area contributed by atoms with Crippen molar-refractivity contribution < 1.29 is 14.1 Å². The second kappa shape index (κ2) is 6.18. The molecule has 19 heavy (non-hydrogen) atoms. The lowest BCUT2D eigenvalue weighted by Gasteiger charge is -2.17. The standard InChI is InChI=1S/C12H15BrN2O4/c13-6-8-2-1-3-9(8)7-14-12(16)10-4-5-11(19-10)15(17)18/h4-5,8-9H,1-3,6-7H2,(H,14,16). The van der Waals surface area contributed by atoms with E-state index in [4.69, 9.17) is 4.42 Å². The van der Waals surface area contributed by atoms with Gasteiger partial charge in [-0.15, -0.1) is 0 Å². The fraction of sp³-hybridized carbons (Fsp3) is 0.583. The second-order valence-electron chi connectivity index (χ2n) is 4.71. The summed E-state index contributed by atoms with van der Waals surface area (Å²) in [6, 6.07) is 2.51. The van der Waals surface area contributed by atoms with E-state index in [1.165, 1.54) is 25.0 Å². The molecule has 2 unspecified atom stereocenters. The third-order valence-electron chi connectivity index (χ3n) is 3.54. The summed E-state index contributed by atoms with van der Waals surface area (Å²) in [5.74, 6) is 0.234. The minimum absolute atomic E-state index is 0.0138. The molecule has 1 N–H and O–H groups in total. The fourth-order valence-corrected chi connectivity index (χ4v) is 3.30. The first-order chi connectivity index (χ1) is 9.11. The number of carbonyl (C=O) groups excluding carboxylic acids is 1. The summed E-state index contributed by atoms with van der Waals surface area (Å²) >= 11 is 3.48. The van der Waals surface area contributed by atoms with Gasteiger partial charge in [-0.1, -0.05) is 22.4 Å². The Morgan fingerprint density at radius 2 is 2.21 bits per heavy atom. The predicted octanol–water partition coefficient (Wildman–Crippen LogP) is 2.73. The van der Waals surface area contributed by atoms with Gasteiger partial charge in [-0.05, 0) is 30.7 Å². The number of hydrogen-bond donors (Lipinski definition) is 1.